The van der Waals surface area contributed by atoms with E-state index in [9.17, 15) is 0 Å². The van der Waals surface area contributed by atoms with Crippen molar-refractivity contribution in [1.82, 2.24) is 0 Å². The van der Waals surface area contributed by atoms with Gasteiger partial charge in [-0.2, -0.15) is 0 Å². The van der Waals surface area contributed by atoms with E-state index in [1.807, 2.05) is 0 Å². The lowest BCUT2D eigenvalue weighted by atomic mass is 10.1. The molecule has 1 fully saturated rings. The summed E-state index contributed by atoms with van der Waals surface area (Å²) in [5.41, 5.74) is 0. The quantitative estimate of drug-likeness (QED) is 0.526. The second-order valence-corrected chi connectivity index (χ2v) is 2.37. The van der Waals surface area contributed by atoms with E-state index in [1.165, 1.54) is 0 Å². The topological polar surface area (TPSA) is 18.5 Å². The summed E-state index contributed by atoms with van der Waals surface area (Å²) in [6.07, 6.45) is 2.48. The summed E-state index contributed by atoms with van der Waals surface area (Å²) in [7, 11) is 1.74. The van der Waals surface area contributed by atoms with E-state index in [1.54, 1.807) is 7.11 Å². The Bertz CT molecular complexity index is 83.0. The van der Waals surface area contributed by atoms with E-state index in [4.69, 9.17) is 9.47 Å². The van der Waals surface area contributed by atoms with E-state index in [-0.39, 0.29) is 6.10 Å². The highest BCUT2D eigenvalue weighted by atomic mass is 16.5. The SMILES string of the molecule is [CH2]C1CC(OC)CCO1. The average molecular weight is 129 g/mol. The van der Waals surface area contributed by atoms with Crippen LogP contribution in [-0.2, 0) is 9.47 Å². The van der Waals surface area contributed by atoms with Crippen LogP contribution in [0.25, 0.3) is 0 Å². The molecule has 0 N–H and O–H groups in total. The fourth-order valence-electron chi connectivity index (χ4n) is 1.06. The zero-order valence-corrected chi connectivity index (χ0v) is 5.80. The number of hydrogen-bond donors (Lipinski definition) is 0. The number of ether oxygens (including phenoxy) is 2. The maximum Gasteiger partial charge on any atom is 0.0618 e. The van der Waals surface area contributed by atoms with Gasteiger partial charge in [0.2, 0.25) is 0 Å². The summed E-state index contributed by atoms with van der Waals surface area (Å²) in [5, 5.41) is 0. The van der Waals surface area contributed by atoms with Crippen molar-refractivity contribution >= 4 is 0 Å². The van der Waals surface area contributed by atoms with Crippen molar-refractivity contribution in [2.45, 2.75) is 25.0 Å². The van der Waals surface area contributed by atoms with Crippen molar-refractivity contribution in [3.63, 3.8) is 0 Å². The minimum Gasteiger partial charge on any atom is -0.381 e. The van der Waals surface area contributed by atoms with Gasteiger partial charge in [0.25, 0.3) is 0 Å². The highest BCUT2D eigenvalue weighted by molar-refractivity contribution is 4.72. The lowest BCUT2D eigenvalue weighted by molar-refractivity contribution is -0.0403. The molecule has 0 spiro atoms. The molecule has 2 nitrogen and oxygen atoms in total. The molecule has 2 atom stereocenters. The molecular formula is C7H13O2. The largest absolute Gasteiger partial charge is 0.381 e. The van der Waals surface area contributed by atoms with Gasteiger partial charge in [-0.3, -0.25) is 0 Å². The van der Waals surface area contributed by atoms with E-state index in [2.05, 4.69) is 6.92 Å². The summed E-state index contributed by atoms with van der Waals surface area (Å²) in [6, 6.07) is 0. The van der Waals surface area contributed by atoms with Gasteiger partial charge in [0.1, 0.15) is 0 Å². The first-order valence-corrected chi connectivity index (χ1v) is 3.30. The molecule has 0 amide bonds. The van der Waals surface area contributed by atoms with Crippen LogP contribution in [0.1, 0.15) is 12.8 Å². The van der Waals surface area contributed by atoms with Gasteiger partial charge >= 0.3 is 0 Å². The monoisotopic (exact) mass is 129 g/mol. The first kappa shape index (κ1) is 7.03. The predicted molar refractivity (Wildman–Crippen MR) is 35.1 cm³/mol. The van der Waals surface area contributed by atoms with Crippen LogP contribution in [0, 0.1) is 6.92 Å². The molecule has 0 aromatic heterocycles. The molecule has 0 bridgehead atoms. The summed E-state index contributed by atoms with van der Waals surface area (Å²) < 4.78 is 10.4. The lowest BCUT2D eigenvalue weighted by Gasteiger charge is -2.25. The van der Waals surface area contributed by atoms with Crippen LogP contribution >= 0.6 is 0 Å². The zero-order valence-electron chi connectivity index (χ0n) is 5.80. The van der Waals surface area contributed by atoms with Crippen molar-refractivity contribution in [1.29, 1.82) is 0 Å². The Balaban J connectivity index is 2.23. The zero-order chi connectivity index (χ0) is 6.69. The molecule has 1 heterocycles. The van der Waals surface area contributed by atoms with E-state index in [0.717, 1.165) is 19.4 Å². The Morgan fingerprint density at radius 3 is 2.89 bits per heavy atom. The van der Waals surface area contributed by atoms with Gasteiger partial charge < -0.3 is 9.47 Å². The Hall–Kier alpha value is -0.0800. The van der Waals surface area contributed by atoms with Gasteiger partial charge in [0.05, 0.1) is 12.2 Å². The van der Waals surface area contributed by atoms with Crippen molar-refractivity contribution in [3.8, 4) is 0 Å². The second kappa shape index (κ2) is 3.18. The number of rotatable bonds is 1. The Kier molecular flexibility index (Phi) is 2.49. The normalized spacial score (nSPS) is 36.7. The standard InChI is InChI=1S/C7H13O2/c1-6-5-7(8-2)3-4-9-6/h6-7H,1,3-5H2,2H3. The van der Waals surface area contributed by atoms with Gasteiger partial charge in [0.15, 0.2) is 0 Å². The predicted octanol–water partition coefficient (Wildman–Crippen LogP) is 1.01. The molecule has 0 aromatic carbocycles. The van der Waals surface area contributed by atoms with Crippen LogP contribution in [-0.4, -0.2) is 25.9 Å². The Labute approximate surface area is 56.2 Å². The molecular weight excluding hydrogens is 116 g/mol. The van der Waals surface area contributed by atoms with Gasteiger partial charge in [0, 0.05) is 13.7 Å². The average Bonchev–Trinajstić information content (AvgIpc) is 1.88. The first-order valence-electron chi connectivity index (χ1n) is 3.30. The smallest absolute Gasteiger partial charge is 0.0618 e. The van der Waals surface area contributed by atoms with Crippen molar-refractivity contribution in [2.75, 3.05) is 13.7 Å². The lowest BCUT2D eigenvalue weighted by Crippen LogP contribution is -2.28. The van der Waals surface area contributed by atoms with Crippen LogP contribution in [0.15, 0.2) is 0 Å². The van der Waals surface area contributed by atoms with Gasteiger partial charge in [-0.1, -0.05) is 0 Å². The first-order chi connectivity index (χ1) is 4.33. The van der Waals surface area contributed by atoms with E-state index < -0.39 is 0 Å². The summed E-state index contributed by atoms with van der Waals surface area (Å²) in [6.45, 7) is 4.59. The molecule has 0 saturated carbocycles. The van der Waals surface area contributed by atoms with Gasteiger partial charge in [-0.05, 0) is 19.8 Å². The Morgan fingerprint density at radius 1 is 1.67 bits per heavy atom. The summed E-state index contributed by atoms with van der Waals surface area (Å²) in [5.74, 6) is 0. The highest BCUT2D eigenvalue weighted by Crippen LogP contribution is 2.14. The molecule has 1 radical (unpaired) electrons. The number of methoxy groups -OCH3 is 1. The maximum atomic E-state index is 5.22. The van der Waals surface area contributed by atoms with Crippen LogP contribution in [0.2, 0.25) is 0 Å². The molecule has 0 aromatic rings. The van der Waals surface area contributed by atoms with E-state index in [0.29, 0.717) is 6.10 Å². The molecule has 53 valence electrons. The minimum atomic E-state index is 0.142. The third-order valence-corrected chi connectivity index (χ3v) is 1.65. The molecule has 0 aliphatic carbocycles. The van der Waals surface area contributed by atoms with Crippen LogP contribution < -0.4 is 0 Å². The van der Waals surface area contributed by atoms with Crippen LogP contribution in [0.5, 0.6) is 0 Å². The highest BCUT2D eigenvalue weighted by Gasteiger charge is 2.17. The van der Waals surface area contributed by atoms with Crippen LogP contribution in [0.4, 0.5) is 0 Å². The van der Waals surface area contributed by atoms with Crippen LogP contribution in [0.3, 0.4) is 0 Å². The molecule has 1 rings (SSSR count). The maximum absolute atomic E-state index is 5.22. The minimum absolute atomic E-state index is 0.142. The molecule has 1 saturated heterocycles. The summed E-state index contributed by atoms with van der Waals surface area (Å²) >= 11 is 0. The van der Waals surface area contributed by atoms with Crippen molar-refractivity contribution < 1.29 is 9.47 Å². The third-order valence-electron chi connectivity index (χ3n) is 1.65. The molecule has 1 aliphatic rings. The van der Waals surface area contributed by atoms with Crippen molar-refractivity contribution in [3.05, 3.63) is 6.92 Å². The number of hydrogen-bond acceptors (Lipinski definition) is 2. The second-order valence-electron chi connectivity index (χ2n) is 2.37. The van der Waals surface area contributed by atoms with Crippen molar-refractivity contribution in [2.24, 2.45) is 0 Å². The van der Waals surface area contributed by atoms with Gasteiger partial charge in [-0.25, -0.2) is 0 Å². The molecule has 9 heavy (non-hydrogen) atoms. The Morgan fingerprint density at radius 2 is 2.44 bits per heavy atom. The third kappa shape index (κ3) is 1.95. The fourth-order valence-corrected chi connectivity index (χ4v) is 1.06. The molecule has 2 heteroatoms. The fraction of sp³-hybridized carbons (Fsp3) is 0.857. The van der Waals surface area contributed by atoms with Gasteiger partial charge in [-0.15, -0.1) is 0 Å². The van der Waals surface area contributed by atoms with E-state index >= 15 is 0 Å². The molecule has 2 unspecified atom stereocenters. The summed E-state index contributed by atoms with van der Waals surface area (Å²) in [4.78, 5) is 0. The molecule has 1 aliphatic heterocycles.